The van der Waals surface area contributed by atoms with Crippen LogP contribution in [0.2, 0.25) is 0 Å². The third-order valence-electron chi connectivity index (χ3n) is 4.93. The van der Waals surface area contributed by atoms with Crippen LogP contribution in [0.1, 0.15) is 11.1 Å². The Labute approximate surface area is 163 Å². The Bertz CT molecular complexity index is 876. The number of hydrogen-bond acceptors (Lipinski definition) is 7. The van der Waals surface area contributed by atoms with E-state index in [0.29, 0.717) is 17.6 Å². The first kappa shape index (κ1) is 17.8. The lowest BCUT2D eigenvalue weighted by Gasteiger charge is -2.34. The van der Waals surface area contributed by atoms with Crippen molar-refractivity contribution in [3.05, 3.63) is 52.2 Å². The Morgan fingerprint density at radius 3 is 2.22 bits per heavy atom. The van der Waals surface area contributed by atoms with Crippen LogP contribution in [0.25, 0.3) is 11.1 Å². The van der Waals surface area contributed by atoms with Crippen molar-refractivity contribution in [2.45, 2.75) is 13.5 Å². The summed E-state index contributed by atoms with van der Waals surface area (Å²) in [6, 6.07) is 10.3. The number of piperazine rings is 1. The van der Waals surface area contributed by atoms with Gasteiger partial charge in [0.1, 0.15) is 11.6 Å². The molecule has 0 radical (unpaired) electrons. The van der Waals surface area contributed by atoms with E-state index < -0.39 is 0 Å². The molecule has 3 heterocycles. The third kappa shape index (κ3) is 3.89. The maximum absolute atomic E-state index is 6.25. The van der Waals surface area contributed by atoms with Crippen LogP contribution in [0, 0.1) is 6.92 Å². The molecule has 3 aromatic rings. The molecule has 0 spiro atoms. The number of thiophene rings is 1. The minimum absolute atomic E-state index is 0.432. The van der Waals surface area contributed by atoms with E-state index >= 15 is 0 Å². The summed E-state index contributed by atoms with van der Waals surface area (Å²) < 4.78 is 0. The van der Waals surface area contributed by atoms with Gasteiger partial charge in [-0.1, -0.05) is 29.8 Å². The molecule has 1 saturated heterocycles. The third-order valence-corrected chi connectivity index (χ3v) is 5.67. The Balaban J connectivity index is 1.48. The molecule has 0 saturated carbocycles. The lowest BCUT2D eigenvalue weighted by Crippen LogP contribution is -2.46. The van der Waals surface area contributed by atoms with Crippen molar-refractivity contribution >= 4 is 28.9 Å². The molecule has 1 aliphatic rings. The lowest BCUT2D eigenvalue weighted by atomic mass is 10.1. The topological polar surface area (TPSA) is 84.3 Å². The van der Waals surface area contributed by atoms with Gasteiger partial charge in [0, 0.05) is 32.7 Å². The molecular weight excluding hydrogens is 356 g/mol. The summed E-state index contributed by atoms with van der Waals surface area (Å²) >= 11 is 1.74. The largest absolute Gasteiger partial charge is 0.383 e. The molecule has 0 bridgehead atoms. The van der Waals surface area contributed by atoms with Crippen LogP contribution in [0.15, 0.2) is 41.1 Å². The smallest absolute Gasteiger partial charge is 0.229 e. The van der Waals surface area contributed by atoms with Crippen LogP contribution in [0.4, 0.5) is 17.6 Å². The van der Waals surface area contributed by atoms with Gasteiger partial charge in [-0.3, -0.25) is 4.90 Å². The maximum Gasteiger partial charge on any atom is 0.229 e. The number of rotatable bonds is 4. The van der Waals surface area contributed by atoms with Gasteiger partial charge < -0.3 is 16.4 Å². The number of hydrogen-bond donors (Lipinski definition) is 2. The molecule has 0 amide bonds. The number of nitrogens with two attached hydrogens (primary N) is 2. The zero-order valence-corrected chi connectivity index (χ0v) is 16.2. The minimum atomic E-state index is 0.432. The Morgan fingerprint density at radius 2 is 1.63 bits per heavy atom. The summed E-state index contributed by atoms with van der Waals surface area (Å²) in [4.78, 5) is 13.7. The molecule has 2 aromatic heterocycles. The van der Waals surface area contributed by atoms with Gasteiger partial charge in [-0.05, 0) is 34.9 Å². The molecule has 4 rings (SSSR count). The van der Waals surface area contributed by atoms with Crippen molar-refractivity contribution in [1.29, 1.82) is 0 Å². The van der Waals surface area contributed by atoms with Crippen LogP contribution in [-0.4, -0.2) is 41.0 Å². The predicted octanol–water partition coefficient (Wildman–Crippen LogP) is 3.00. The molecule has 140 valence electrons. The first-order valence-electron chi connectivity index (χ1n) is 9.08. The van der Waals surface area contributed by atoms with Crippen LogP contribution >= 0.6 is 11.3 Å². The minimum Gasteiger partial charge on any atom is -0.383 e. The second-order valence-corrected chi connectivity index (χ2v) is 7.71. The van der Waals surface area contributed by atoms with Gasteiger partial charge in [0.2, 0.25) is 5.95 Å². The fourth-order valence-electron chi connectivity index (χ4n) is 3.39. The molecule has 0 aliphatic carbocycles. The van der Waals surface area contributed by atoms with E-state index in [0.717, 1.165) is 43.9 Å². The van der Waals surface area contributed by atoms with Crippen molar-refractivity contribution in [1.82, 2.24) is 14.9 Å². The van der Waals surface area contributed by atoms with E-state index in [9.17, 15) is 0 Å². The van der Waals surface area contributed by atoms with E-state index in [1.807, 2.05) is 31.2 Å². The Hall–Kier alpha value is -2.64. The first-order valence-corrected chi connectivity index (χ1v) is 10.0. The van der Waals surface area contributed by atoms with Crippen LogP contribution < -0.4 is 16.4 Å². The SMILES string of the molecule is Cc1ccc(-c2c(N)nc(N3CCN(Cc4ccsc4)CC3)nc2N)cc1. The van der Waals surface area contributed by atoms with Crippen LogP contribution in [-0.2, 0) is 6.54 Å². The molecule has 1 fully saturated rings. The van der Waals surface area contributed by atoms with Gasteiger partial charge in [0.15, 0.2) is 0 Å². The first-order chi connectivity index (χ1) is 13.1. The highest BCUT2D eigenvalue weighted by molar-refractivity contribution is 7.07. The van der Waals surface area contributed by atoms with Gasteiger partial charge in [-0.25, -0.2) is 0 Å². The van der Waals surface area contributed by atoms with E-state index in [-0.39, 0.29) is 0 Å². The summed E-state index contributed by atoms with van der Waals surface area (Å²) in [5.74, 6) is 1.49. The fourth-order valence-corrected chi connectivity index (χ4v) is 4.05. The Morgan fingerprint density at radius 1 is 0.963 bits per heavy atom. The molecular formula is C20H24N6S. The average Bonchev–Trinajstić information content (AvgIpc) is 3.16. The van der Waals surface area contributed by atoms with Gasteiger partial charge in [-0.15, -0.1) is 0 Å². The summed E-state index contributed by atoms with van der Waals surface area (Å²) in [7, 11) is 0. The second-order valence-electron chi connectivity index (χ2n) is 6.93. The van der Waals surface area contributed by atoms with Gasteiger partial charge in [0.25, 0.3) is 0 Å². The lowest BCUT2D eigenvalue weighted by molar-refractivity contribution is 0.249. The molecule has 0 atom stereocenters. The molecule has 0 unspecified atom stereocenters. The second kappa shape index (κ2) is 7.54. The number of aromatic nitrogens is 2. The number of anilines is 3. The summed E-state index contributed by atoms with van der Waals surface area (Å²) in [5.41, 5.74) is 16.7. The van der Waals surface area contributed by atoms with Crippen molar-refractivity contribution in [3.63, 3.8) is 0 Å². The monoisotopic (exact) mass is 380 g/mol. The van der Waals surface area contributed by atoms with Crippen molar-refractivity contribution in [3.8, 4) is 11.1 Å². The normalized spacial score (nSPS) is 15.2. The highest BCUT2D eigenvalue weighted by Gasteiger charge is 2.21. The summed E-state index contributed by atoms with van der Waals surface area (Å²) in [6.45, 7) is 6.72. The summed E-state index contributed by atoms with van der Waals surface area (Å²) in [6.07, 6.45) is 0. The molecule has 4 N–H and O–H groups in total. The quantitative estimate of drug-likeness (QED) is 0.724. The average molecular weight is 381 g/mol. The van der Waals surface area contributed by atoms with Gasteiger partial charge in [-0.2, -0.15) is 21.3 Å². The van der Waals surface area contributed by atoms with E-state index in [1.54, 1.807) is 11.3 Å². The summed E-state index contributed by atoms with van der Waals surface area (Å²) in [5, 5.41) is 4.33. The number of aryl methyl sites for hydroxylation is 1. The zero-order valence-electron chi connectivity index (χ0n) is 15.4. The van der Waals surface area contributed by atoms with Crippen molar-refractivity contribution < 1.29 is 0 Å². The van der Waals surface area contributed by atoms with Gasteiger partial charge in [0.05, 0.1) is 5.56 Å². The highest BCUT2D eigenvalue weighted by atomic mass is 32.1. The zero-order chi connectivity index (χ0) is 18.8. The predicted molar refractivity (Wildman–Crippen MR) is 113 cm³/mol. The van der Waals surface area contributed by atoms with Crippen molar-refractivity contribution in [2.75, 3.05) is 42.5 Å². The standard InChI is InChI=1S/C20H24N6S/c1-14-2-4-16(5-3-14)17-18(21)23-20(24-19(17)22)26-9-7-25(8-10-26)12-15-6-11-27-13-15/h2-6,11,13H,7-10,12H2,1H3,(H4,21,22,23,24). The molecule has 7 heteroatoms. The molecule has 1 aromatic carbocycles. The number of nitrogens with zero attached hydrogens (tertiary/aromatic N) is 4. The van der Waals surface area contributed by atoms with E-state index in [2.05, 4.69) is 36.6 Å². The van der Waals surface area contributed by atoms with E-state index in [4.69, 9.17) is 11.5 Å². The van der Waals surface area contributed by atoms with Crippen LogP contribution in [0.5, 0.6) is 0 Å². The molecule has 6 nitrogen and oxygen atoms in total. The van der Waals surface area contributed by atoms with Crippen LogP contribution in [0.3, 0.4) is 0 Å². The van der Waals surface area contributed by atoms with Gasteiger partial charge >= 0.3 is 0 Å². The molecule has 1 aliphatic heterocycles. The number of benzene rings is 1. The van der Waals surface area contributed by atoms with Crippen molar-refractivity contribution in [2.24, 2.45) is 0 Å². The Kier molecular flexibility index (Phi) is 4.96. The molecule has 27 heavy (non-hydrogen) atoms. The highest BCUT2D eigenvalue weighted by Crippen LogP contribution is 2.31. The van der Waals surface area contributed by atoms with E-state index in [1.165, 1.54) is 11.1 Å². The fraction of sp³-hybridized carbons (Fsp3) is 0.300. The maximum atomic E-state index is 6.25. The number of nitrogen functional groups attached to an aromatic ring is 2.